The van der Waals surface area contributed by atoms with Crippen molar-refractivity contribution < 1.29 is 0 Å². The van der Waals surface area contributed by atoms with Crippen LogP contribution in [0.15, 0.2) is 60.7 Å². The lowest BCUT2D eigenvalue weighted by Gasteiger charge is -2.11. The van der Waals surface area contributed by atoms with E-state index < -0.39 is 0 Å². The van der Waals surface area contributed by atoms with Crippen molar-refractivity contribution in [1.29, 1.82) is 0 Å². The van der Waals surface area contributed by atoms with E-state index in [4.69, 9.17) is 0 Å². The van der Waals surface area contributed by atoms with E-state index in [2.05, 4.69) is 73.7 Å². The fourth-order valence-electron chi connectivity index (χ4n) is 3.81. The lowest BCUT2D eigenvalue weighted by molar-refractivity contribution is 1.31. The molecule has 1 heteroatoms. The first kappa shape index (κ1) is 13.1. The van der Waals surface area contributed by atoms with Crippen LogP contribution < -0.4 is 0 Å². The molecule has 0 atom stereocenters. The van der Waals surface area contributed by atoms with Crippen LogP contribution in [0.25, 0.3) is 37.4 Å². The Morgan fingerprint density at radius 2 is 1.52 bits per heavy atom. The summed E-state index contributed by atoms with van der Waals surface area (Å²) >= 11 is 1.90. The zero-order valence-electron chi connectivity index (χ0n) is 13.0. The van der Waals surface area contributed by atoms with Crippen LogP contribution in [0, 0.1) is 6.92 Å². The van der Waals surface area contributed by atoms with Crippen LogP contribution >= 0.6 is 11.3 Å². The number of fused-ring (bicyclic) bond motifs is 4. The first-order chi connectivity index (χ1) is 11.3. The van der Waals surface area contributed by atoms with Crippen LogP contribution in [0.3, 0.4) is 0 Å². The van der Waals surface area contributed by atoms with Gasteiger partial charge in [0.2, 0.25) is 0 Å². The van der Waals surface area contributed by atoms with Crippen molar-refractivity contribution in [3.05, 3.63) is 77.4 Å². The van der Waals surface area contributed by atoms with Crippen molar-refractivity contribution in [3.8, 4) is 11.1 Å². The van der Waals surface area contributed by atoms with Gasteiger partial charge in [0.15, 0.2) is 0 Å². The summed E-state index contributed by atoms with van der Waals surface area (Å²) in [6, 6.07) is 20.1. The zero-order valence-corrected chi connectivity index (χ0v) is 13.8. The van der Waals surface area contributed by atoms with Crippen LogP contribution in [-0.4, -0.2) is 0 Å². The highest BCUT2D eigenvalue weighted by atomic mass is 32.1. The second-order valence-corrected chi connectivity index (χ2v) is 7.29. The van der Waals surface area contributed by atoms with Crippen molar-refractivity contribution >= 4 is 37.6 Å². The number of aryl methyl sites for hydroxylation is 1. The monoisotopic (exact) mass is 312 g/mol. The third-order valence-electron chi connectivity index (χ3n) is 4.85. The maximum absolute atomic E-state index is 2.29. The van der Waals surface area contributed by atoms with E-state index in [0.29, 0.717) is 0 Å². The minimum absolute atomic E-state index is 1.04. The molecule has 1 aromatic heterocycles. The number of hydrogen-bond donors (Lipinski definition) is 0. The summed E-state index contributed by atoms with van der Waals surface area (Å²) < 4.78 is 2.77. The van der Waals surface area contributed by atoms with Crippen molar-refractivity contribution in [2.24, 2.45) is 0 Å². The standard InChI is InChI=1S/C22H16S/c1-14-6-2-12-19-21(14)22-18(11-5-13-20(22)23-19)17-10-4-8-15-7-3-9-16(15)17/h2-8,10-13H,9H2,1H3. The lowest BCUT2D eigenvalue weighted by atomic mass is 9.92. The van der Waals surface area contributed by atoms with Gasteiger partial charge in [-0.3, -0.25) is 0 Å². The highest BCUT2D eigenvalue weighted by Gasteiger charge is 2.16. The average Bonchev–Trinajstić information content (AvgIpc) is 3.18. The van der Waals surface area contributed by atoms with Gasteiger partial charge in [0.1, 0.15) is 0 Å². The molecule has 0 spiro atoms. The molecule has 0 N–H and O–H groups in total. The normalized spacial score (nSPS) is 13.1. The maximum atomic E-state index is 2.29. The van der Waals surface area contributed by atoms with Gasteiger partial charge >= 0.3 is 0 Å². The second kappa shape index (κ2) is 4.81. The summed E-state index contributed by atoms with van der Waals surface area (Å²) in [4.78, 5) is 0. The minimum atomic E-state index is 1.04. The Balaban J connectivity index is 1.94. The highest BCUT2D eigenvalue weighted by molar-refractivity contribution is 7.26. The van der Waals surface area contributed by atoms with Crippen molar-refractivity contribution in [1.82, 2.24) is 0 Å². The molecule has 1 aliphatic carbocycles. The number of hydrogen-bond acceptors (Lipinski definition) is 1. The molecule has 1 aliphatic rings. The molecular weight excluding hydrogens is 296 g/mol. The topological polar surface area (TPSA) is 0 Å². The summed E-state index contributed by atoms with van der Waals surface area (Å²) in [6.07, 6.45) is 5.56. The van der Waals surface area contributed by atoms with Gasteiger partial charge in [-0.1, -0.05) is 54.6 Å². The molecule has 0 saturated carbocycles. The van der Waals surface area contributed by atoms with Gasteiger partial charge in [0, 0.05) is 20.2 Å². The average molecular weight is 312 g/mol. The molecule has 0 nitrogen and oxygen atoms in total. The van der Waals surface area contributed by atoms with Crippen LogP contribution in [0.2, 0.25) is 0 Å². The second-order valence-electron chi connectivity index (χ2n) is 6.21. The summed E-state index contributed by atoms with van der Waals surface area (Å²) in [5.41, 5.74) is 6.97. The van der Waals surface area contributed by atoms with Crippen molar-refractivity contribution in [2.75, 3.05) is 0 Å². The number of thiophene rings is 1. The summed E-state index contributed by atoms with van der Waals surface area (Å²) in [5.74, 6) is 0. The van der Waals surface area contributed by atoms with Crippen molar-refractivity contribution in [3.63, 3.8) is 0 Å². The summed E-state index contributed by atoms with van der Waals surface area (Å²) in [6.45, 7) is 2.22. The number of rotatable bonds is 1. The van der Waals surface area contributed by atoms with Crippen molar-refractivity contribution in [2.45, 2.75) is 13.3 Å². The predicted octanol–water partition coefficient (Wildman–Crippen LogP) is 6.60. The van der Waals surface area contributed by atoms with Gasteiger partial charge in [-0.2, -0.15) is 0 Å². The molecule has 0 bridgehead atoms. The van der Waals surface area contributed by atoms with Gasteiger partial charge in [0.05, 0.1) is 0 Å². The molecule has 3 aromatic carbocycles. The Morgan fingerprint density at radius 3 is 2.43 bits per heavy atom. The molecule has 0 radical (unpaired) electrons. The fraction of sp³-hybridized carbons (Fsp3) is 0.0909. The summed E-state index contributed by atoms with van der Waals surface area (Å²) in [7, 11) is 0. The molecule has 4 aromatic rings. The van der Waals surface area contributed by atoms with Gasteiger partial charge in [-0.15, -0.1) is 11.3 Å². The quantitative estimate of drug-likeness (QED) is 0.371. The van der Waals surface area contributed by atoms with Crippen LogP contribution in [0.1, 0.15) is 16.7 Å². The maximum Gasteiger partial charge on any atom is 0.0361 e. The molecule has 0 fully saturated rings. The fourth-order valence-corrected chi connectivity index (χ4v) is 5.02. The Bertz CT molecular complexity index is 1100. The predicted molar refractivity (Wildman–Crippen MR) is 102 cm³/mol. The van der Waals surface area contributed by atoms with Gasteiger partial charge < -0.3 is 0 Å². The molecular formula is C22H16S. The van der Waals surface area contributed by atoms with E-state index in [9.17, 15) is 0 Å². The Hall–Kier alpha value is -2.38. The molecule has 110 valence electrons. The Labute approximate surface area is 139 Å². The molecule has 0 amide bonds. The molecule has 0 aliphatic heterocycles. The first-order valence-corrected chi connectivity index (χ1v) is 8.84. The Kier molecular flexibility index (Phi) is 2.74. The molecule has 5 rings (SSSR count). The van der Waals surface area contributed by atoms with E-state index >= 15 is 0 Å². The highest BCUT2D eigenvalue weighted by Crippen LogP contribution is 2.43. The number of benzene rings is 3. The van der Waals surface area contributed by atoms with E-state index in [1.807, 2.05) is 11.3 Å². The number of allylic oxidation sites excluding steroid dienone is 1. The SMILES string of the molecule is Cc1cccc2sc3cccc(-c4cccc5c4CC=C5)c3c12. The largest absolute Gasteiger partial charge is 0.135 e. The third-order valence-corrected chi connectivity index (χ3v) is 5.97. The van der Waals surface area contributed by atoms with E-state index in [1.54, 1.807) is 0 Å². The van der Waals surface area contributed by atoms with E-state index in [-0.39, 0.29) is 0 Å². The van der Waals surface area contributed by atoms with Crippen LogP contribution in [-0.2, 0) is 6.42 Å². The lowest BCUT2D eigenvalue weighted by Crippen LogP contribution is -1.89. The summed E-state index contributed by atoms with van der Waals surface area (Å²) in [5, 5.41) is 2.84. The smallest absolute Gasteiger partial charge is 0.0361 e. The van der Waals surface area contributed by atoms with E-state index in [0.717, 1.165) is 6.42 Å². The zero-order chi connectivity index (χ0) is 15.4. The van der Waals surface area contributed by atoms with Crippen LogP contribution in [0.5, 0.6) is 0 Å². The Morgan fingerprint density at radius 1 is 0.783 bits per heavy atom. The van der Waals surface area contributed by atoms with Gasteiger partial charge in [-0.05, 0) is 53.3 Å². The minimum Gasteiger partial charge on any atom is -0.135 e. The molecule has 0 saturated heterocycles. The molecule has 1 heterocycles. The molecule has 23 heavy (non-hydrogen) atoms. The van der Waals surface area contributed by atoms with Gasteiger partial charge in [0.25, 0.3) is 0 Å². The van der Waals surface area contributed by atoms with Crippen LogP contribution in [0.4, 0.5) is 0 Å². The third kappa shape index (κ3) is 1.83. The van der Waals surface area contributed by atoms with E-state index in [1.165, 1.54) is 48.0 Å². The van der Waals surface area contributed by atoms with Gasteiger partial charge in [-0.25, -0.2) is 0 Å². The molecule has 0 unspecified atom stereocenters. The first-order valence-electron chi connectivity index (χ1n) is 8.02.